The molecule has 78 valence electrons. The molecule has 1 aromatic carbocycles. The van der Waals surface area contributed by atoms with E-state index < -0.39 is 0 Å². The van der Waals surface area contributed by atoms with Gasteiger partial charge in [-0.3, -0.25) is 5.73 Å². The zero-order chi connectivity index (χ0) is 10.4. The van der Waals surface area contributed by atoms with E-state index in [1.54, 1.807) is 0 Å². The maximum Gasteiger partial charge on any atom is 0.312 e. The summed E-state index contributed by atoms with van der Waals surface area (Å²) in [4.78, 5) is 11.1. The quantitative estimate of drug-likeness (QED) is 0.762. The molecule has 1 heterocycles. The Balaban J connectivity index is 1.94. The molecule has 0 bridgehead atoms. The largest absolute Gasteiger partial charge is 0.493 e. The zero-order valence-corrected chi connectivity index (χ0v) is 8.53. The lowest BCUT2D eigenvalue weighted by Gasteiger charge is -2.04. The van der Waals surface area contributed by atoms with Gasteiger partial charge in [0, 0.05) is 17.9 Å². The smallest absolute Gasteiger partial charge is 0.312 e. The molecule has 2 aliphatic rings. The Morgan fingerprint density at radius 1 is 1.47 bits per heavy atom. The second-order valence-corrected chi connectivity index (χ2v) is 4.34. The Morgan fingerprint density at radius 3 is 3.07 bits per heavy atom. The van der Waals surface area contributed by atoms with Crippen LogP contribution in [0.1, 0.15) is 23.5 Å². The number of amides is 1. The van der Waals surface area contributed by atoms with E-state index in [4.69, 9.17) is 4.74 Å². The average molecular weight is 204 g/mol. The third-order valence-electron chi connectivity index (χ3n) is 3.38. The zero-order valence-electron chi connectivity index (χ0n) is 8.53. The molecule has 1 aliphatic heterocycles. The fourth-order valence-corrected chi connectivity index (χ4v) is 2.49. The van der Waals surface area contributed by atoms with Crippen molar-refractivity contribution < 1.29 is 15.3 Å². The van der Waals surface area contributed by atoms with Crippen molar-refractivity contribution in [3.63, 3.8) is 0 Å². The molecule has 2 atom stereocenters. The number of hydrogen-bond acceptors (Lipinski definition) is 2. The summed E-state index contributed by atoms with van der Waals surface area (Å²) in [6.45, 7) is 0.780. The van der Waals surface area contributed by atoms with Gasteiger partial charge in [0.25, 0.3) is 0 Å². The Labute approximate surface area is 88.2 Å². The molecule has 1 fully saturated rings. The Hall–Kier alpha value is -1.35. The van der Waals surface area contributed by atoms with Crippen LogP contribution in [0, 0.1) is 5.92 Å². The molecular formula is C12H14NO2+. The van der Waals surface area contributed by atoms with Gasteiger partial charge in [-0.15, -0.1) is 0 Å². The highest BCUT2D eigenvalue weighted by Gasteiger charge is 2.46. The van der Waals surface area contributed by atoms with E-state index in [2.05, 4.69) is 11.8 Å². The molecule has 3 heteroatoms. The van der Waals surface area contributed by atoms with Crippen LogP contribution in [-0.2, 0) is 11.2 Å². The van der Waals surface area contributed by atoms with Crippen molar-refractivity contribution >= 4 is 5.91 Å². The number of ether oxygens (including phenoxy) is 1. The van der Waals surface area contributed by atoms with E-state index in [0.29, 0.717) is 5.92 Å². The third kappa shape index (κ3) is 1.35. The highest BCUT2D eigenvalue weighted by molar-refractivity contribution is 5.73. The predicted octanol–water partition coefficient (Wildman–Crippen LogP) is 0.493. The summed E-state index contributed by atoms with van der Waals surface area (Å²) in [5.41, 5.74) is 6.12. The molecule has 0 saturated heterocycles. The minimum Gasteiger partial charge on any atom is -0.493 e. The van der Waals surface area contributed by atoms with Crippen LogP contribution in [0.4, 0.5) is 0 Å². The highest BCUT2D eigenvalue weighted by Crippen LogP contribution is 2.50. The van der Waals surface area contributed by atoms with Gasteiger partial charge in [0.05, 0.1) is 12.5 Å². The Morgan fingerprint density at radius 2 is 2.33 bits per heavy atom. The van der Waals surface area contributed by atoms with E-state index in [0.717, 1.165) is 25.2 Å². The molecule has 3 rings (SSSR count). The van der Waals surface area contributed by atoms with Crippen LogP contribution in [0.5, 0.6) is 5.75 Å². The van der Waals surface area contributed by atoms with Gasteiger partial charge in [0.2, 0.25) is 0 Å². The number of benzene rings is 1. The van der Waals surface area contributed by atoms with E-state index >= 15 is 0 Å². The molecule has 2 unspecified atom stereocenters. The lowest BCUT2D eigenvalue weighted by atomic mass is 10.00. The van der Waals surface area contributed by atoms with Crippen molar-refractivity contribution in [2.45, 2.75) is 18.8 Å². The topological polar surface area (TPSA) is 53.9 Å². The summed E-state index contributed by atoms with van der Waals surface area (Å²) in [6, 6.07) is 6.15. The maximum atomic E-state index is 11.1. The third-order valence-corrected chi connectivity index (χ3v) is 3.38. The van der Waals surface area contributed by atoms with Crippen LogP contribution in [0.25, 0.3) is 0 Å². The minimum absolute atomic E-state index is 0.0801. The fraction of sp³-hybridized carbons (Fsp3) is 0.417. The summed E-state index contributed by atoms with van der Waals surface area (Å²) < 4.78 is 5.51. The van der Waals surface area contributed by atoms with Crippen LogP contribution in [0.15, 0.2) is 18.2 Å². The first-order chi connectivity index (χ1) is 7.27. The van der Waals surface area contributed by atoms with Gasteiger partial charge in [0.15, 0.2) is 0 Å². The van der Waals surface area contributed by atoms with Crippen molar-refractivity contribution in [1.82, 2.24) is 0 Å². The average Bonchev–Trinajstić information content (AvgIpc) is 2.87. The summed E-state index contributed by atoms with van der Waals surface area (Å²) >= 11 is 0. The lowest BCUT2D eigenvalue weighted by Crippen LogP contribution is -2.58. The molecule has 3 nitrogen and oxygen atoms in total. The molecular weight excluding hydrogens is 190 g/mol. The summed E-state index contributed by atoms with van der Waals surface area (Å²) in [6.07, 6.45) is 1.96. The van der Waals surface area contributed by atoms with E-state index in [-0.39, 0.29) is 11.8 Å². The van der Waals surface area contributed by atoms with Crippen molar-refractivity contribution in [3.05, 3.63) is 29.3 Å². The molecule has 15 heavy (non-hydrogen) atoms. The van der Waals surface area contributed by atoms with Crippen LogP contribution >= 0.6 is 0 Å². The van der Waals surface area contributed by atoms with Gasteiger partial charge >= 0.3 is 5.91 Å². The maximum absolute atomic E-state index is 11.1. The van der Waals surface area contributed by atoms with Gasteiger partial charge in [-0.2, -0.15) is 0 Å². The molecule has 1 amide bonds. The number of quaternary nitrogens is 1. The number of hydrogen-bond donors (Lipinski definition) is 1. The van der Waals surface area contributed by atoms with Gasteiger partial charge in [-0.25, -0.2) is 4.79 Å². The second-order valence-electron chi connectivity index (χ2n) is 4.34. The van der Waals surface area contributed by atoms with Crippen LogP contribution in [0.2, 0.25) is 0 Å². The Kier molecular flexibility index (Phi) is 1.83. The lowest BCUT2D eigenvalue weighted by molar-refractivity contribution is -0.308. The van der Waals surface area contributed by atoms with Crippen LogP contribution in [0.3, 0.4) is 0 Å². The SMILES string of the molecule is [NH3+]C(=O)C1CC1c1cccc2c1CCO2. The fourth-order valence-electron chi connectivity index (χ4n) is 2.49. The van der Waals surface area contributed by atoms with E-state index in [1.165, 1.54) is 11.1 Å². The number of fused-ring (bicyclic) bond motifs is 1. The summed E-state index contributed by atoms with van der Waals surface area (Å²) in [5.74, 6) is 1.66. The van der Waals surface area contributed by atoms with Gasteiger partial charge in [-0.1, -0.05) is 12.1 Å². The van der Waals surface area contributed by atoms with Crippen LogP contribution in [-0.4, -0.2) is 12.5 Å². The molecule has 0 radical (unpaired) electrons. The van der Waals surface area contributed by atoms with Crippen molar-refractivity contribution in [2.24, 2.45) is 5.92 Å². The van der Waals surface area contributed by atoms with Crippen molar-refractivity contribution in [1.29, 1.82) is 0 Å². The standard InChI is InChI=1S/C12H13NO2/c13-12(14)10-6-9(10)7-2-1-3-11-8(7)4-5-15-11/h1-3,9-10H,4-6H2,(H2,13,14)/p+1. The molecule has 1 saturated carbocycles. The van der Waals surface area contributed by atoms with Gasteiger partial charge in [-0.05, 0) is 18.1 Å². The number of carbonyl (C=O) groups excluding carboxylic acids is 1. The van der Waals surface area contributed by atoms with Crippen molar-refractivity contribution in [2.75, 3.05) is 6.61 Å². The first kappa shape index (κ1) is 8.92. The van der Waals surface area contributed by atoms with E-state index in [1.807, 2.05) is 12.1 Å². The predicted molar refractivity (Wildman–Crippen MR) is 54.4 cm³/mol. The normalized spacial score (nSPS) is 27.0. The molecule has 3 N–H and O–H groups in total. The van der Waals surface area contributed by atoms with Gasteiger partial charge in [0.1, 0.15) is 5.75 Å². The first-order valence-electron chi connectivity index (χ1n) is 5.38. The summed E-state index contributed by atoms with van der Waals surface area (Å²) in [7, 11) is 0. The first-order valence-corrected chi connectivity index (χ1v) is 5.38. The van der Waals surface area contributed by atoms with E-state index in [9.17, 15) is 4.79 Å². The summed E-state index contributed by atoms with van der Waals surface area (Å²) in [5, 5.41) is 0. The number of rotatable bonds is 2. The van der Waals surface area contributed by atoms with Crippen LogP contribution < -0.4 is 10.5 Å². The molecule has 1 aliphatic carbocycles. The van der Waals surface area contributed by atoms with Gasteiger partial charge < -0.3 is 4.74 Å². The highest BCUT2D eigenvalue weighted by atomic mass is 16.5. The van der Waals surface area contributed by atoms with Crippen molar-refractivity contribution in [3.8, 4) is 5.75 Å². The monoisotopic (exact) mass is 204 g/mol. The molecule has 1 aromatic rings. The number of carbonyl (C=O) groups is 1. The molecule has 0 aromatic heterocycles. The Bertz CT molecular complexity index is 428. The minimum atomic E-state index is 0.0801. The second kappa shape index (κ2) is 3.07. The molecule has 0 spiro atoms.